The maximum absolute atomic E-state index is 10.9. The third kappa shape index (κ3) is 4.20. The number of rotatable bonds is 5. The van der Waals surface area contributed by atoms with Crippen LogP contribution in [-0.2, 0) is 9.53 Å². The standard InChI is InChI=1S/C15H18N2O3/c1-11(18)8-16-13-7-14(10-20-9-13)17-12-3-5-15(19-2)6-4-12/h3-7,17H,8-10H2,1-2H3. The first-order chi connectivity index (χ1) is 9.67. The molecule has 5 heteroatoms. The van der Waals surface area contributed by atoms with Crippen molar-refractivity contribution in [2.75, 3.05) is 32.2 Å². The highest BCUT2D eigenvalue weighted by Crippen LogP contribution is 2.17. The van der Waals surface area contributed by atoms with Gasteiger partial charge in [-0.15, -0.1) is 0 Å². The van der Waals surface area contributed by atoms with Crippen LogP contribution in [0.4, 0.5) is 5.69 Å². The summed E-state index contributed by atoms with van der Waals surface area (Å²) in [5, 5.41) is 3.26. The van der Waals surface area contributed by atoms with Crippen LogP contribution in [0.25, 0.3) is 0 Å². The molecule has 1 aromatic rings. The Morgan fingerprint density at radius 2 is 2.10 bits per heavy atom. The number of aliphatic imine (C=N–C) groups is 1. The van der Waals surface area contributed by atoms with Crippen molar-refractivity contribution in [2.24, 2.45) is 4.99 Å². The molecule has 0 atom stereocenters. The average Bonchev–Trinajstić information content (AvgIpc) is 2.46. The van der Waals surface area contributed by atoms with E-state index in [1.807, 2.05) is 30.3 Å². The molecule has 2 rings (SSSR count). The van der Waals surface area contributed by atoms with Gasteiger partial charge in [-0.3, -0.25) is 9.79 Å². The third-order valence-corrected chi connectivity index (χ3v) is 2.75. The van der Waals surface area contributed by atoms with Crippen LogP contribution in [0.2, 0.25) is 0 Å². The van der Waals surface area contributed by atoms with Crippen LogP contribution in [0.15, 0.2) is 41.0 Å². The molecular formula is C15H18N2O3. The van der Waals surface area contributed by atoms with E-state index in [-0.39, 0.29) is 12.3 Å². The third-order valence-electron chi connectivity index (χ3n) is 2.75. The predicted molar refractivity (Wildman–Crippen MR) is 78.5 cm³/mol. The Balaban J connectivity index is 2.03. The number of nitrogens with zero attached hydrogens (tertiary/aromatic N) is 1. The van der Waals surface area contributed by atoms with Gasteiger partial charge in [0, 0.05) is 11.4 Å². The summed E-state index contributed by atoms with van der Waals surface area (Å²) in [5.41, 5.74) is 2.65. The molecule has 0 bridgehead atoms. The van der Waals surface area contributed by atoms with E-state index in [0.29, 0.717) is 13.2 Å². The van der Waals surface area contributed by atoms with Crippen molar-refractivity contribution in [3.63, 3.8) is 0 Å². The zero-order chi connectivity index (χ0) is 14.4. The summed E-state index contributed by atoms with van der Waals surface area (Å²) in [5.74, 6) is 0.856. The van der Waals surface area contributed by atoms with Crippen LogP contribution < -0.4 is 10.1 Å². The molecule has 1 N–H and O–H groups in total. The maximum atomic E-state index is 10.9. The number of anilines is 1. The molecule has 0 saturated carbocycles. The van der Waals surface area contributed by atoms with Crippen molar-refractivity contribution in [3.05, 3.63) is 36.0 Å². The highest BCUT2D eigenvalue weighted by Gasteiger charge is 2.09. The Kier molecular flexibility index (Phi) is 4.90. The number of carbonyl (C=O) groups is 1. The molecule has 1 aliphatic heterocycles. The number of ketones is 1. The number of hydrogen-bond acceptors (Lipinski definition) is 5. The maximum Gasteiger partial charge on any atom is 0.151 e. The first-order valence-electron chi connectivity index (χ1n) is 6.39. The van der Waals surface area contributed by atoms with Crippen molar-refractivity contribution < 1.29 is 14.3 Å². The molecule has 0 saturated heterocycles. The monoisotopic (exact) mass is 274 g/mol. The van der Waals surface area contributed by atoms with Crippen LogP contribution in [0.3, 0.4) is 0 Å². The number of ether oxygens (including phenoxy) is 2. The van der Waals surface area contributed by atoms with Gasteiger partial charge in [-0.1, -0.05) is 0 Å². The lowest BCUT2D eigenvalue weighted by Crippen LogP contribution is -2.20. The number of benzene rings is 1. The summed E-state index contributed by atoms with van der Waals surface area (Å²) >= 11 is 0. The number of nitrogens with one attached hydrogen (secondary N) is 1. The normalized spacial score (nSPS) is 16.7. The quantitative estimate of drug-likeness (QED) is 0.892. The summed E-state index contributed by atoms with van der Waals surface area (Å²) in [4.78, 5) is 15.1. The Morgan fingerprint density at radius 3 is 2.75 bits per heavy atom. The zero-order valence-corrected chi connectivity index (χ0v) is 11.7. The van der Waals surface area contributed by atoms with Gasteiger partial charge in [0.1, 0.15) is 5.75 Å². The first-order valence-corrected chi connectivity index (χ1v) is 6.39. The molecule has 5 nitrogen and oxygen atoms in total. The Morgan fingerprint density at radius 1 is 1.35 bits per heavy atom. The molecule has 1 heterocycles. The predicted octanol–water partition coefficient (Wildman–Crippen LogP) is 2.05. The number of methoxy groups -OCH3 is 1. The Bertz CT molecular complexity index is 533. The van der Waals surface area contributed by atoms with Crippen molar-refractivity contribution in [1.82, 2.24) is 0 Å². The van der Waals surface area contributed by atoms with Gasteiger partial charge >= 0.3 is 0 Å². The second kappa shape index (κ2) is 6.86. The molecule has 0 amide bonds. The van der Waals surface area contributed by atoms with Gasteiger partial charge in [-0.05, 0) is 37.3 Å². The molecule has 0 radical (unpaired) electrons. The minimum Gasteiger partial charge on any atom is -0.497 e. The van der Waals surface area contributed by atoms with Crippen molar-refractivity contribution in [1.29, 1.82) is 0 Å². The summed E-state index contributed by atoms with van der Waals surface area (Å²) in [6.45, 7) is 2.67. The molecule has 0 spiro atoms. The highest BCUT2D eigenvalue weighted by atomic mass is 16.5. The van der Waals surface area contributed by atoms with Crippen LogP contribution in [0.1, 0.15) is 6.92 Å². The molecule has 0 fully saturated rings. The second-order valence-electron chi connectivity index (χ2n) is 4.53. The molecule has 106 valence electrons. The topological polar surface area (TPSA) is 59.9 Å². The fraction of sp³-hybridized carbons (Fsp3) is 0.333. The first kappa shape index (κ1) is 14.3. The number of hydrogen-bond donors (Lipinski definition) is 1. The van der Waals surface area contributed by atoms with E-state index in [1.165, 1.54) is 6.92 Å². The van der Waals surface area contributed by atoms with Crippen LogP contribution in [0.5, 0.6) is 5.75 Å². The van der Waals surface area contributed by atoms with Gasteiger partial charge in [0.05, 0.1) is 32.6 Å². The van der Waals surface area contributed by atoms with E-state index in [9.17, 15) is 4.79 Å². The van der Waals surface area contributed by atoms with E-state index in [1.54, 1.807) is 7.11 Å². The molecular weight excluding hydrogens is 256 g/mol. The fourth-order valence-corrected chi connectivity index (χ4v) is 1.79. The van der Waals surface area contributed by atoms with E-state index in [0.717, 1.165) is 22.8 Å². The average molecular weight is 274 g/mol. The van der Waals surface area contributed by atoms with Gasteiger partial charge in [0.25, 0.3) is 0 Å². The summed E-state index contributed by atoms with van der Waals surface area (Å²) in [7, 11) is 1.64. The SMILES string of the molecule is COc1ccc(NC2=CC(=NCC(C)=O)COC2)cc1. The van der Waals surface area contributed by atoms with Crippen LogP contribution >= 0.6 is 0 Å². The van der Waals surface area contributed by atoms with Crippen molar-refractivity contribution in [3.8, 4) is 5.75 Å². The smallest absolute Gasteiger partial charge is 0.151 e. The lowest BCUT2D eigenvalue weighted by atomic mass is 10.2. The van der Waals surface area contributed by atoms with Gasteiger partial charge in [-0.25, -0.2) is 0 Å². The molecule has 1 aliphatic rings. The van der Waals surface area contributed by atoms with Crippen LogP contribution in [-0.4, -0.2) is 38.4 Å². The summed E-state index contributed by atoms with van der Waals surface area (Å²) < 4.78 is 10.6. The Hall–Kier alpha value is -2.14. The van der Waals surface area contributed by atoms with Gasteiger partial charge in [0.2, 0.25) is 0 Å². The summed E-state index contributed by atoms with van der Waals surface area (Å²) in [6, 6.07) is 7.63. The lowest BCUT2D eigenvalue weighted by molar-refractivity contribution is -0.115. The molecule has 0 aromatic heterocycles. The number of carbonyl (C=O) groups excluding carboxylic acids is 1. The largest absolute Gasteiger partial charge is 0.497 e. The van der Waals surface area contributed by atoms with Gasteiger partial charge < -0.3 is 14.8 Å². The van der Waals surface area contributed by atoms with Gasteiger partial charge in [-0.2, -0.15) is 0 Å². The minimum atomic E-state index is 0.0427. The molecule has 1 aromatic carbocycles. The van der Waals surface area contributed by atoms with E-state index >= 15 is 0 Å². The molecule has 0 unspecified atom stereocenters. The zero-order valence-electron chi connectivity index (χ0n) is 11.7. The van der Waals surface area contributed by atoms with Gasteiger partial charge in [0.15, 0.2) is 5.78 Å². The van der Waals surface area contributed by atoms with E-state index in [4.69, 9.17) is 9.47 Å². The summed E-state index contributed by atoms with van der Waals surface area (Å²) in [6.07, 6.45) is 1.93. The number of Topliss-reactive ketones (excluding diaryl/α,β-unsaturated/α-hetero) is 1. The van der Waals surface area contributed by atoms with E-state index in [2.05, 4.69) is 10.3 Å². The highest BCUT2D eigenvalue weighted by molar-refractivity contribution is 5.98. The second-order valence-corrected chi connectivity index (χ2v) is 4.53. The lowest BCUT2D eigenvalue weighted by Gasteiger charge is -2.17. The fourth-order valence-electron chi connectivity index (χ4n) is 1.79. The Labute approximate surface area is 118 Å². The van der Waals surface area contributed by atoms with Crippen LogP contribution in [0, 0.1) is 0 Å². The van der Waals surface area contributed by atoms with E-state index < -0.39 is 0 Å². The van der Waals surface area contributed by atoms with Crippen molar-refractivity contribution in [2.45, 2.75) is 6.92 Å². The van der Waals surface area contributed by atoms with Crippen molar-refractivity contribution >= 4 is 17.2 Å². The molecule has 0 aliphatic carbocycles. The molecule has 20 heavy (non-hydrogen) atoms. The minimum absolute atomic E-state index is 0.0427.